The van der Waals surface area contributed by atoms with Gasteiger partial charge in [-0.25, -0.2) is 0 Å². The lowest BCUT2D eigenvalue weighted by molar-refractivity contribution is -0.146. The molecule has 0 saturated heterocycles. The van der Waals surface area contributed by atoms with Gasteiger partial charge in [0.2, 0.25) is 5.78 Å². The third-order valence-electron chi connectivity index (χ3n) is 5.82. The van der Waals surface area contributed by atoms with Crippen LogP contribution in [0.5, 0.6) is 0 Å². The first-order valence-corrected chi connectivity index (χ1v) is 10.2. The lowest BCUT2D eigenvalue weighted by Gasteiger charge is -2.19. The predicted molar refractivity (Wildman–Crippen MR) is 121 cm³/mol. The van der Waals surface area contributed by atoms with Crippen molar-refractivity contribution in [1.82, 2.24) is 0 Å². The van der Waals surface area contributed by atoms with E-state index in [0.29, 0.717) is 17.0 Å². The van der Waals surface area contributed by atoms with Crippen LogP contribution >= 0.6 is 0 Å². The Kier molecular flexibility index (Phi) is 5.45. The monoisotopic (exact) mass is 429 g/mol. The summed E-state index contributed by atoms with van der Waals surface area (Å²) in [7, 11) is 3.59. The Morgan fingerprint density at radius 3 is 2.31 bits per heavy atom. The number of rotatable bonds is 5. The smallest absolute Gasteiger partial charge is 0.310 e. The number of aryl methyl sites for hydroxylation is 2. The average molecular weight is 429 g/mol. The van der Waals surface area contributed by atoms with Crippen LogP contribution in [0.25, 0.3) is 11.0 Å². The van der Waals surface area contributed by atoms with Crippen molar-refractivity contribution in [2.75, 3.05) is 30.5 Å². The standard InChI is InChI=1S/C25H23N3O4/c1-15-9-18-17(13-31-23(18)10-16(15)2)11-24(30)32-14-22(29)19(12-26)25-27(3)20-7-5-6-8-21(20)28(25)4/h5-10,13H,11,14H2,1-4H3. The van der Waals surface area contributed by atoms with Crippen molar-refractivity contribution in [2.24, 2.45) is 0 Å². The summed E-state index contributed by atoms with van der Waals surface area (Å²) in [5.41, 5.74) is 5.33. The van der Waals surface area contributed by atoms with Gasteiger partial charge in [0.25, 0.3) is 0 Å². The van der Waals surface area contributed by atoms with E-state index in [9.17, 15) is 14.9 Å². The zero-order valence-electron chi connectivity index (χ0n) is 18.4. The summed E-state index contributed by atoms with van der Waals surface area (Å²) < 4.78 is 10.8. The molecule has 4 rings (SSSR count). The minimum absolute atomic E-state index is 0.0213. The molecule has 0 atom stereocenters. The topological polar surface area (TPSA) is 86.8 Å². The summed E-state index contributed by atoms with van der Waals surface area (Å²) >= 11 is 0. The molecule has 2 heterocycles. The molecule has 3 aromatic rings. The Bertz CT molecular complexity index is 1280. The number of benzene rings is 2. The van der Waals surface area contributed by atoms with Crippen LogP contribution in [0, 0.1) is 25.2 Å². The maximum absolute atomic E-state index is 12.8. The molecule has 2 aromatic carbocycles. The second-order valence-electron chi connectivity index (χ2n) is 7.87. The third kappa shape index (κ3) is 3.60. The molecule has 32 heavy (non-hydrogen) atoms. The molecule has 7 heteroatoms. The Morgan fingerprint density at radius 1 is 1.06 bits per heavy atom. The quantitative estimate of drug-likeness (QED) is 0.344. The molecule has 0 spiro atoms. The summed E-state index contributed by atoms with van der Waals surface area (Å²) in [5, 5.41) is 10.5. The first kappa shape index (κ1) is 21.2. The highest BCUT2D eigenvalue weighted by Gasteiger charge is 2.31. The van der Waals surface area contributed by atoms with Gasteiger partial charge in [-0.3, -0.25) is 9.59 Å². The third-order valence-corrected chi connectivity index (χ3v) is 5.82. The van der Waals surface area contributed by atoms with Crippen LogP contribution in [0.2, 0.25) is 0 Å². The van der Waals surface area contributed by atoms with Crippen LogP contribution < -0.4 is 9.80 Å². The molecule has 162 valence electrons. The van der Waals surface area contributed by atoms with Crippen LogP contribution in [-0.4, -0.2) is 32.5 Å². The second-order valence-corrected chi connectivity index (χ2v) is 7.87. The number of anilines is 2. The van der Waals surface area contributed by atoms with E-state index in [1.807, 2.05) is 56.3 Å². The normalized spacial score (nSPS) is 12.7. The van der Waals surface area contributed by atoms with Crippen LogP contribution in [0.3, 0.4) is 0 Å². The number of esters is 1. The van der Waals surface area contributed by atoms with Gasteiger partial charge >= 0.3 is 5.97 Å². The number of hydrogen-bond donors (Lipinski definition) is 0. The number of para-hydroxylation sites is 2. The zero-order chi connectivity index (χ0) is 23.0. The van der Waals surface area contributed by atoms with Crippen molar-refractivity contribution in [3.8, 4) is 6.07 Å². The summed E-state index contributed by atoms with van der Waals surface area (Å²) in [6.45, 7) is 3.49. The summed E-state index contributed by atoms with van der Waals surface area (Å²) in [6, 6.07) is 13.5. The van der Waals surface area contributed by atoms with Crippen LogP contribution in [0.4, 0.5) is 11.4 Å². The van der Waals surface area contributed by atoms with Gasteiger partial charge in [0.1, 0.15) is 23.0 Å². The summed E-state index contributed by atoms with van der Waals surface area (Å²) in [6.07, 6.45) is 1.52. The number of carbonyl (C=O) groups is 2. The van der Waals surface area contributed by atoms with Gasteiger partial charge < -0.3 is 19.0 Å². The molecule has 0 saturated carbocycles. The number of carbonyl (C=O) groups excluding carboxylic acids is 2. The van der Waals surface area contributed by atoms with Crippen molar-refractivity contribution >= 4 is 34.1 Å². The van der Waals surface area contributed by atoms with E-state index in [2.05, 4.69) is 0 Å². The van der Waals surface area contributed by atoms with E-state index in [-0.39, 0.29) is 12.0 Å². The van der Waals surface area contributed by atoms with E-state index in [1.165, 1.54) is 6.26 Å². The lowest BCUT2D eigenvalue weighted by Crippen LogP contribution is -2.28. The van der Waals surface area contributed by atoms with E-state index in [0.717, 1.165) is 27.9 Å². The van der Waals surface area contributed by atoms with Crippen molar-refractivity contribution in [2.45, 2.75) is 20.3 Å². The molecular weight excluding hydrogens is 406 g/mol. The van der Waals surface area contributed by atoms with Crippen molar-refractivity contribution < 1.29 is 18.7 Å². The minimum atomic E-state index is -0.557. The summed E-state index contributed by atoms with van der Waals surface area (Å²) in [4.78, 5) is 28.8. The maximum atomic E-state index is 12.8. The first-order chi connectivity index (χ1) is 15.3. The Hall–Kier alpha value is -4.05. The molecule has 0 fully saturated rings. The fraction of sp³-hybridized carbons (Fsp3) is 0.240. The average Bonchev–Trinajstić information content (AvgIpc) is 3.27. The number of hydrogen-bond acceptors (Lipinski definition) is 7. The van der Waals surface area contributed by atoms with Gasteiger partial charge in [0.15, 0.2) is 6.61 Å². The SMILES string of the molecule is Cc1cc2occ(CC(=O)OCC(=O)C(C#N)=C3N(C)c4ccccc4N3C)c2cc1C. The molecule has 0 unspecified atom stereocenters. The van der Waals surface area contributed by atoms with E-state index < -0.39 is 18.4 Å². The number of ether oxygens (including phenoxy) is 1. The molecule has 0 radical (unpaired) electrons. The minimum Gasteiger partial charge on any atom is -0.464 e. The lowest BCUT2D eigenvalue weighted by atomic mass is 10.0. The molecule has 1 aromatic heterocycles. The molecule has 1 aliphatic rings. The van der Waals surface area contributed by atoms with Crippen molar-refractivity contribution in [3.05, 3.63) is 70.7 Å². The fourth-order valence-corrected chi connectivity index (χ4v) is 3.95. The Labute approximate surface area is 186 Å². The first-order valence-electron chi connectivity index (χ1n) is 10.2. The van der Waals surface area contributed by atoms with E-state index in [1.54, 1.807) is 23.9 Å². The molecule has 1 aliphatic heterocycles. The van der Waals surface area contributed by atoms with E-state index >= 15 is 0 Å². The molecule has 0 amide bonds. The van der Waals surface area contributed by atoms with Crippen LogP contribution in [0.1, 0.15) is 16.7 Å². The second kappa shape index (κ2) is 8.23. The summed E-state index contributed by atoms with van der Waals surface area (Å²) in [5.74, 6) is -0.648. The van der Waals surface area contributed by atoms with Gasteiger partial charge in [-0.05, 0) is 49.2 Å². The highest BCUT2D eigenvalue weighted by atomic mass is 16.5. The molecule has 0 N–H and O–H groups in total. The van der Waals surface area contributed by atoms with Gasteiger partial charge in [-0.1, -0.05) is 12.1 Å². The van der Waals surface area contributed by atoms with Crippen molar-refractivity contribution in [3.63, 3.8) is 0 Å². The Balaban J connectivity index is 1.48. The van der Waals surface area contributed by atoms with Crippen LogP contribution in [0.15, 0.2) is 58.5 Å². The van der Waals surface area contributed by atoms with Crippen molar-refractivity contribution in [1.29, 1.82) is 5.26 Å². The highest BCUT2D eigenvalue weighted by molar-refractivity contribution is 6.04. The van der Waals surface area contributed by atoms with Gasteiger partial charge in [-0.15, -0.1) is 0 Å². The number of fused-ring (bicyclic) bond motifs is 2. The largest absolute Gasteiger partial charge is 0.464 e. The van der Waals surface area contributed by atoms with E-state index in [4.69, 9.17) is 9.15 Å². The number of nitriles is 1. The van der Waals surface area contributed by atoms with Gasteiger partial charge in [0.05, 0.1) is 24.1 Å². The number of nitrogens with zero attached hydrogens (tertiary/aromatic N) is 3. The molecule has 7 nitrogen and oxygen atoms in total. The van der Waals surface area contributed by atoms with Crippen LogP contribution in [-0.2, 0) is 20.7 Å². The maximum Gasteiger partial charge on any atom is 0.310 e. The van der Waals surface area contributed by atoms with Gasteiger partial charge in [-0.2, -0.15) is 5.26 Å². The number of ketones is 1. The Morgan fingerprint density at radius 2 is 1.69 bits per heavy atom. The zero-order valence-corrected chi connectivity index (χ0v) is 18.4. The molecular formula is C25H23N3O4. The highest BCUT2D eigenvalue weighted by Crippen LogP contribution is 2.40. The molecule has 0 aliphatic carbocycles. The number of Topliss-reactive ketones (excluding diaryl/α,β-unsaturated/α-hetero) is 1. The fourth-order valence-electron chi connectivity index (χ4n) is 3.95. The van der Waals surface area contributed by atoms with Gasteiger partial charge in [0, 0.05) is 25.0 Å². The molecule has 0 bridgehead atoms. The number of furan rings is 1. The predicted octanol–water partition coefficient (Wildman–Crippen LogP) is 4.03.